The molecule has 1 amide bonds. The van der Waals surface area contributed by atoms with Gasteiger partial charge in [0.25, 0.3) is 5.91 Å². The van der Waals surface area contributed by atoms with Crippen molar-refractivity contribution in [1.82, 2.24) is 9.78 Å². The molecule has 5 heteroatoms. The third-order valence-corrected chi connectivity index (χ3v) is 5.52. The molecular weight excluding hydrogens is 374 g/mol. The molecule has 4 rings (SSSR count). The number of hydrogen-bond donors (Lipinski definition) is 1. The first-order valence-electron chi connectivity index (χ1n) is 10.5. The minimum Gasteiger partial charge on any atom is -0.497 e. The molecule has 2 aromatic carbocycles. The maximum atomic E-state index is 13.0. The van der Waals surface area contributed by atoms with Crippen LogP contribution in [0.3, 0.4) is 0 Å². The highest BCUT2D eigenvalue weighted by atomic mass is 16.5. The van der Waals surface area contributed by atoms with Gasteiger partial charge in [-0.1, -0.05) is 45.0 Å². The summed E-state index contributed by atoms with van der Waals surface area (Å²) in [5, 5.41) is 7.87. The van der Waals surface area contributed by atoms with E-state index in [1.807, 2.05) is 53.2 Å². The van der Waals surface area contributed by atoms with Crippen LogP contribution in [0.1, 0.15) is 66.7 Å². The SMILES string of the molecule is COc1ccc(Cn2nc(C3CC3)cc2NC(=O)c2cccc(C(C)(C)C)c2)cc1. The number of hydrogen-bond acceptors (Lipinski definition) is 3. The second kappa shape index (κ2) is 7.98. The van der Waals surface area contributed by atoms with Gasteiger partial charge in [-0.25, -0.2) is 4.68 Å². The number of aromatic nitrogens is 2. The second-order valence-electron chi connectivity index (χ2n) is 9.02. The van der Waals surface area contributed by atoms with Crippen molar-refractivity contribution in [2.75, 3.05) is 12.4 Å². The van der Waals surface area contributed by atoms with Gasteiger partial charge in [0.2, 0.25) is 0 Å². The fourth-order valence-corrected chi connectivity index (χ4v) is 3.46. The highest BCUT2D eigenvalue weighted by Crippen LogP contribution is 2.40. The summed E-state index contributed by atoms with van der Waals surface area (Å²) in [6.07, 6.45) is 2.33. The van der Waals surface area contributed by atoms with Crippen molar-refractivity contribution < 1.29 is 9.53 Å². The van der Waals surface area contributed by atoms with Gasteiger partial charge in [0, 0.05) is 17.5 Å². The molecule has 0 aliphatic heterocycles. The molecule has 0 radical (unpaired) electrons. The Balaban J connectivity index is 1.58. The van der Waals surface area contributed by atoms with Gasteiger partial charge >= 0.3 is 0 Å². The first-order valence-corrected chi connectivity index (χ1v) is 10.5. The molecule has 1 saturated carbocycles. The highest BCUT2D eigenvalue weighted by molar-refractivity contribution is 6.04. The van der Waals surface area contributed by atoms with E-state index in [4.69, 9.17) is 9.84 Å². The van der Waals surface area contributed by atoms with Gasteiger partial charge < -0.3 is 10.1 Å². The van der Waals surface area contributed by atoms with E-state index in [1.165, 1.54) is 12.8 Å². The Morgan fingerprint density at radius 2 is 1.87 bits per heavy atom. The van der Waals surface area contributed by atoms with Crippen molar-refractivity contribution in [3.63, 3.8) is 0 Å². The summed E-state index contributed by atoms with van der Waals surface area (Å²) in [5.41, 5.74) is 3.95. The number of nitrogens with one attached hydrogen (secondary N) is 1. The topological polar surface area (TPSA) is 56.1 Å². The van der Waals surface area contributed by atoms with Crippen LogP contribution < -0.4 is 10.1 Å². The summed E-state index contributed by atoms with van der Waals surface area (Å²) < 4.78 is 7.13. The van der Waals surface area contributed by atoms with Crippen LogP contribution in [-0.2, 0) is 12.0 Å². The zero-order valence-electron chi connectivity index (χ0n) is 18.1. The molecule has 0 unspecified atom stereocenters. The van der Waals surface area contributed by atoms with Crippen LogP contribution >= 0.6 is 0 Å². The molecule has 1 aliphatic carbocycles. The Bertz CT molecular complexity index is 1040. The lowest BCUT2D eigenvalue weighted by Crippen LogP contribution is -2.18. The highest BCUT2D eigenvalue weighted by Gasteiger charge is 2.28. The van der Waals surface area contributed by atoms with Crippen LogP contribution in [0, 0.1) is 0 Å². The quantitative estimate of drug-likeness (QED) is 0.602. The monoisotopic (exact) mass is 403 g/mol. The van der Waals surface area contributed by atoms with Crippen LogP contribution in [0.15, 0.2) is 54.6 Å². The molecule has 156 valence electrons. The molecule has 3 aromatic rings. The number of methoxy groups -OCH3 is 1. The Morgan fingerprint density at radius 3 is 2.50 bits per heavy atom. The number of anilines is 1. The van der Waals surface area contributed by atoms with Crippen molar-refractivity contribution in [1.29, 1.82) is 0 Å². The number of nitrogens with zero attached hydrogens (tertiary/aromatic N) is 2. The van der Waals surface area contributed by atoms with E-state index < -0.39 is 0 Å². The molecular formula is C25H29N3O2. The third-order valence-electron chi connectivity index (χ3n) is 5.52. The van der Waals surface area contributed by atoms with Gasteiger partial charge in [0.05, 0.1) is 19.3 Å². The van der Waals surface area contributed by atoms with Crippen LogP contribution in [0.25, 0.3) is 0 Å². The molecule has 1 N–H and O–H groups in total. The lowest BCUT2D eigenvalue weighted by molar-refractivity contribution is 0.102. The van der Waals surface area contributed by atoms with Gasteiger partial charge in [0.1, 0.15) is 11.6 Å². The molecule has 0 atom stereocenters. The van der Waals surface area contributed by atoms with E-state index >= 15 is 0 Å². The van der Waals surface area contributed by atoms with E-state index in [1.54, 1.807) is 7.11 Å². The second-order valence-corrected chi connectivity index (χ2v) is 9.02. The molecule has 1 aromatic heterocycles. The Kier molecular flexibility index (Phi) is 5.37. The van der Waals surface area contributed by atoms with E-state index in [0.717, 1.165) is 28.4 Å². The molecule has 1 aliphatic rings. The zero-order valence-corrected chi connectivity index (χ0v) is 18.1. The molecule has 0 bridgehead atoms. The molecule has 1 fully saturated rings. The molecule has 1 heterocycles. The fourth-order valence-electron chi connectivity index (χ4n) is 3.46. The summed E-state index contributed by atoms with van der Waals surface area (Å²) >= 11 is 0. The summed E-state index contributed by atoms with van der Waals surface area (Å²) in [6, 6.07) is 17.8. The van der Waals surface area contributed by atoms with Gasteiger partial charge in [-0.15, -0.1) is 0 Å². The summed E-state index contributed by atoms with van der Waals surface area (Å²) in [6.45, 7) is 7.04. The van der Waals surface area contributed by atoms with Gasteiger partial charge in [0.15, 0.2) is 0 Å². The van der Waals surface area contributed by atoms with Gasteiger partial charge in [-0.05, 0) is 53.6 Å². The number of carbonyl (C=O) groups excluding carboxylic acids is 1. The minimum absolute atomic E-state index is 0.00836. The minimum atomic E-state index is -0.112. The van der Waals surface area contributed by atoms with Crippen molar-refractivity contribution >= 4 is 11.7 Å². The average molecular weight is 404 g/mol. The van der Waals surface area contributed by atoms with Crippen molar-refractivity contribution in [2.24, 2.45) is 0 Å². The molecule has 5 nitrogen and oxygen atoms in total. The Hall–Kier alpha value is -3.08. The number of rotatable bonds is 6. The van der Waals surface area contributed by atoms with Gasteiger partial charge in [-0.2, -0.15) is 5.10 Å². The first-order chi connectivity index (χ1) is 14.3. The average Bonchev–Trinajstić information content (AvgIpc) is 3.51. The summed E-state index contributed by atoms with van der Waals surface area (Å²) in [7, 11) is 1.66. The predicted molar refractivity (Wildman–Crippen MR) is 119 cm³/mol. The lowest BCUT2D eigenvalue weighted by atomic mass is 9.86. The maximum absolute atomic E-state index is 13.0. The van der Waals surface area contributed by atoms with Crippen molar-refractivity contribution in [3.8, 4) is 5.75 Å². The van der Waals surface area contributed by atoms with Gasteiger partial charge in [-0.3, -0.25) is 4.79 Å². The Morgan fingerprint density at radius 1 is 1.13 bits per heavy atom. The fraction of sp³-hybridized carbons (Fsp3) is 0.360. The van der Waals surface area contributed by atoms with Crippen LogP contribution in [0.4, 0.5) is 5.82 Å². The maximum Gasteiger partial charge on any atom is 0.256 e. The largest absolute Gasteiger partial charge is 0.497 e. The Labute approximate surface area is 178 Å². The molecule has 0 saturated heterocycles. The van der Waals surface area contributed by atoms with Crippen molar-refractivity contribution in [3.05, 3.63) is 77.0 Å². The van der Waals surface area contributed by atoms with E-state index in [-0.39, 0.29) is 11.3 Å². The summed E-state index contributed by atoms with van der Waals surface area (Å²) in [5.74, 6) is 1.96. The molecule has 0 spiro atoms. The smallest absolute Gasteiger partial charge is 0.256 e. The normalized spacial score (nSPS) is 13.9. The lowest BCUT2D eigenvalue weighted by Gasteiger charge is -2.19. The number of amides is 1. The first kappa shape index (κ1) is 20.2. The number of benzene rings is 2. The van der Waals surface area contributed by atoms with E-state index in [9.17, 15) is 4.79 Å². The van der Waals surface area contributed by atoms with Crippen LogP contribution in [-0.4, -0.2) is 22.8 Å². The number of ether oxygens (including phenoxy) is 1. The standard InChI is InChI=1S/C25H29N3O2/c1-25(2,3)20-7-5-6-19(14-20)24(29)26-23-15-22(18-10-11-18)27-28(23)16-17-8-12-21(30-4)13-9-17/h5-9,12-15,18H,10-11,16H2,1-4H3,(H,26,29). The zero-order chi connectivity index (χ0) is 21.3. The van der Waals surface area contributed by atoms with Crippen LogP contribution in [0.5, 0.6) is 5.75 Å². The van der Waals surface area contributed by atoms with Crippen molar-refractivity contribution in [2.45, 2.75) is 51.5 Å². The molecule has 30 heavy (non-hydrogen) atoms. The number of carbonyl (C=O) groups is 1. The van der Waals surface area contributed by atoms with Crippen LogP contribution in [0.2, 0.25) is 0 Å². The third kappa shape index (κ3) is 4.56. The van der Waals surface area contributed by atoms with E-state index in [0.29, 0.717) is 18.0 Å². The predicted octanol–water partition coefficient (Wildman–Crippen LogP) is 5.37. The summed E-state index contributed by atoms with van der Waals surface area (Å²) in [4.78, 5) is 13.0. The van der Waals surface area contributed by atoms with E-state index in [2.05, 4.69) is 32.2 Å².